The molecule has 0 fully saturated rings. The topological polar surface area (TPSA) is 163 Å². The van der Waals surface area contributed by atoms with E-state index in [4.69, 9.17) is 0 Å². The van der Waals surface area contributed by atoms with E-state index in [2.05, 4.69) is 20.3 Å². The smallest absolute Gasteiger partial charge is 0.294 e. The van der Waals surface area contributed by atoms with Crippen molar-refractivity contribution in [2.45, 2.75) is 12.8 Å². The van der Waals surface area contributed by atoms with Crippen LogP contribution in [0.2, 0.25) is 0 Å². The van der Waals surface area contributed by atoms with Gasteiger partial charge < -0.3 is 20.3 Å². The molecule has 0 saturated heterocycles. The molecule has 2 N–H and O–H groups in total. The number of nitrogens with zero attached hydrogens (tertiary/aromatic N) is 2. The Morgan fingerprint density at radius 3 is 1.50 bits per heavy atom. The van der Waals surface area contributed by atoms with Gasteiger partial charge in [0.25, 0.3) is 10.2 Å². The molecule has 20 heavy (non-hydrogen) atoms. The van der Waals surface area contributed by atoms with Crippen LogP contribution >= 0.6 is 0 Å². The molecule has 2 amide bonds. The number of carbonyl (C=O) groups excluding carboxylic acids is 2. The predicted octanol–water partition coefficient (Wildman–Crippen LogP) is -1.58. The molecule has 0 unspecified atom stereocenters. The monoisotopic (exact) mass is 294 g/mol. The standard InChI is InChI=1S/C8H14N4O8/c13-7(9-3-5-19-11(15)16)1-2-8(14)10-4-6-20-12(17)18/h1-6H2,(H,9,13)(H,10,14). The lowest BCUT2D eigenvalue weighted by Crippen LogP contribution is -2.31. The molecule has 12 heteroatoms. The summed E-state index contributed by atoms with van der Waals surface area (Å²) in [6.07, 6.45) is -0.221. The second-order valence-corrected chi connectivity index (χ2v) is 3.31. The van der Waals surface area contributed by atoms with Gasteiger partial charge in [0.2, 0.25) is 11.8 Å². The molecule has 0 aromatic heterocycles. The van der Waals surface area contributed by atoms with Crippen LogP contribution in [0.25, 0.3) is 0 Å². The molecule has 0 bridgehead atoms. The lowest BCUT2D eigenvalue weighted by atomic mass is 10.3. The molecule has 0 aromatic rings. The number of carbonyl (C=O) groups is 2. The van der Waals surface area contributed by atoms with Crippen LogP contribution in [0, 0.1) is 20.2 Å². The van der Waals surface area contributed by atoms with Crippen LogP contribution in [0.4, 0.5) is 0 Å². The number of amides is 2. The van der Waals surface area contributed by atoms with Crippen LogP contribution in [0.15, 0.2) is 0 Å². The average Bonchev–Trinajstić information content (AvgIpc) is 2.37. The molecule has 0 radical (unpaired) electrons. The summed E-state index contributed by atoms with van der Waals surface area (Å²) in [5.41, 5.74) is 0. The third-order valence-corrected chi connectivity index (χ3v) is 1.82. The molecule has 12 nitrogen and oxygen atoms in total. The zero-order valence-electron chi connectivity index (χ0n) is 10.4. The van der Waals surface area contributed by atoms with Crippen LogP contribution in [0.5, 0.6) is 0 Å². The third-order valence-electron chi connectivity index (χ3n) is 1.82. The molecular weight excluding hydrogens is 280 g/mol. The van der Waals surface area contributed by atoms with Crippen molar-refractivity contribution < 1.29 is 29.4 Å². The lowest BCUT2D eigenvalue weighted by molar-refractivity contribution is -0.757. The fourth-order valence-corrected chi connectivity index (χ4v) is 1.03. The molecule has 0 spiro atoms. The molecule has 0 saturated carbocycles. The summed E-state index contributed by atoms with van der Waals surface area (Å²) < 4.78 is 0. The first-order valence-corrected chi connectivity index (χ1v) is 5.50. The molecule has 0 heterocycles. The maximum Gasteiger partial charge on any atom is 0.294 e. The maximum atomic E-state index is 11.2. The van der Waals surface area contributed by atoms with E-state index in [0.717, 1.165) is 0 Å². The summed E-state index contributed by atoms with van der Waals surface area (Å²) in [4.78, 5) is 49.9. The van der Waals surface area contributed by atoms with Crippen molar-refractivity contribution in [3.63, 3.8) is 0 Å². The van der Waals surface area contributed by atoms with Crippen molar-refractivity contribution in [3.8, 4) is 0 Å². The van der Waals surface area contributed by atoms with Gasteiger partial charge in [-0.1, -0.05) is 0 Å². The largest absolute Gasteiger partial charge is 0.354 e. The fourth-order valence-electron chi connectivity index (χ4n) is 1.03. The molecule has 0 atom stereocenters. The van der Waals surface area contributed by atoms with Gasteiger partial charge >= 0.3 is 0 Å². The van der Waals surface area contributed by atoms with Crippen LogP contribution in [0.3, 0.4) is 0 Å². The van der Waals surface area contributed by atoms with E-state index < -0.39 is 22.0 Å². The van der Waals surface area contributed by atoms with Gasteiger partial charge in [0.05, 0.1) is 0 Å². The van der Waals surface area contributed by atoms with Gasteiger partial charge in [0.15, 0.2) is 0 Å². The molecule has 0 aliphatic rings. The van der Waals surface area contributed by atoms with E-state index in [9.17, 15) is 29.8 Å². The zero-order valence-corrected chi connectivity index (χ0v) is 10.4. The number of nitrogens with one attached hydrogen (secondary N) is 2. The second-order valence-electron chi connectivity index (χ2n) is 3.31. The van der Waals surface area contributed by atoms with Gasteiger partial charge in [-0.05, 0) is 0 Å². The van der Waals surface area contributed by atoms with Gasteiger partial charge in [-0.3, -0.25) is 9.59 Å². The minimum Gasteiger partial charge on any atom is -0.354 e. The van der Waals surface area contributed by atoms with Crippen molar-refractivity contribution in [3.05, 3.63) is 20.2 Å². The van der Waals surface area contributed by atoms with Gasteiger partial charge in [0, 0.05) is 25.9 Å². The van der Waals surface area contributed by atoms with Crippen LogP contribution in [-0.2, 0) is 19.3 Å². The van der Waals surface area contributed by atoms with Crippen molar-refractivity contribution in [1.82, 2.24) is 10.6 Å². The first-order valence-electron chi connectivity index (χ1n) is 5.50. The van der Waals surface area contributed by atoms with E-state index >= 15 is 0 Å². The Kier molecular flexibility index (Phi) is 8.91. The zero-order chi connectivity index (χ0) is 15.4. The minimum absolute atomic E-state index is 0.0435. The average molecular weight is 294 g/mol. The summed E-state index contributed by atoms with van der Waals surface area (Å²) in [6, 6.07) is 0. The molecule has 0 aromatic carbocycles. The maximum absolute atomic E-state index is 11.2. The second kappa shape index (κ2) is 10.3. The summed E-state index contributed by atoms with van der Waals surface area (Å²) in [5.74, 6) is -0.928. The van der Waals surface area contributed by atoms with Crippen LogP contribution < -0.4 is 10.6 Å². The Morgan fingerprint density at radius 2 is 1.20 bits per heavy atom. The predicted molar refractivity (Wildman–Crippen MR) is 61.1 cm³/mol. The third kappa shape index (κ3) is 11.8. The van der Waals surface area contributed by atoms with Crippen molar-refractivity contribution >= 4 is 11.8 Å². The minimum atomic E-state index is -0.980. The Bertz CT molecular complexity index is 326. The Balaban J connectivity index is 3.50. The van der Waals surface area contributed by atoms with Crippen LogP contribution in [0.1, 0.15) is 12.8 Å². The molecule has 0 aliphatic carbocycles. The van der Waals surface area contributed by atoms with Crippen molar-refractivity contribution in [2.75, 3.05) is 26.3 Å². The van der Waals surface area contributed by atoms with E-state index in [0.29, 0.717) is 0 Å². The summed E-state index contributed by atoms with van der Waals surface area (Å²) in [5, 5.41) is 22.3. The normalized spacial score (nSPS) is 9.40. The number of hydrogen-bond acceptors (Lipinski definition) is 8. The molecule has 0 rings (SSSR count). The SMILES string of the molecule is O=C(CCC(=O)NCCO[N+](=O)[O-])NCCO[N+](=O)[O-]. The van der Waals surface area contributed by atoms with Crippen molar-refractivity contribution in [1.29, 1.82) is 0 Å². The first-order chi connectivity index (χ1) is 9.41. The van der Waals surface area contributed by atoms with Gasteiger partial charge in [-0.15, -0.1) is 20.2 Å². The van der Waals surface area contributed by atoms with E-state index in [-0.39, 0.29) is 39.1 Å². The van der Waals surface area contributed by atoms with E-state index in [1.54, 1.807) is 0 Å². The van der Waals surface area contributed by atoms with Crippen LogP contribution in [-0.4, -0.2) is 48.3 Å². The molecule has 114 valence electrons. The Morgan fingerprint density at radius 1 is 0.850 bits per heavy atom. The Hall–Kier alpha value is -2.66. The highest BCUT2D eigenvalue weighted by Crippen LogP contribution is 1.89. The van der Waals surface area contributed by atoms with E-state index in [1.807, 2.05) is 0 Å². The first kappa shape index (κ1) is 17.3. The lowest BCUT2D eigenvalue weighted by Gasteiger charge is -2.05. The molecular formula is C8H14N4O8. The van der Waals surface area contributed by atoms with Gasteiger partial charge in [-0.25, -0.2) is 0 Å². The summed E-state index contributed by atoms with van der Waals surface area (Å²) >= 11 is 0. The fraction of sp³-hybridized carbons (Fsp3) is 0.750. The quantitative estimate of drug-likeness (QED) is 0.262. The van der Waals surface area contributed by atoms with E-state index in [1.165, 1.54) is 0 Å². The Labute approximate surface area is 112 Å². The highest BCUT2D eigenvalue weighted by Gasteiger charge is 2.06. The van der Waals surface area contributed by atoms with Gasteiger partial charge in [-0.2, -0.15) is 0 Å². The number of rotatable bonds is 11. The van der Waals surface area contributed by atoms with Gasteiger partial charge in [0.1, 0.15) is 13.2 Å². The molecule has 0 aliphatic heterocycles. The highest BCUT2D eigenvalue weighted by atomic mass is 17.0. The summed E-state index contributed by atoms with van der Waals surface area (Å²) in [6.45, 7) is -0.636. The highest BCUT2D eigenvalue weighted by molar-refractivity contribution is 5.83. The summed E-state index contributed by atoms with van der Waals surface area (Å²) in [7, 11) is 0. The number of hydrogen-bond donors (Lipinski definition) is 2. The van der Waals surface area contributed by atoms with Crippen molar-refractivity contribution in [2.24, 2.45) is 0 Å².